The highest BCUT2D eigenvalue weighted by Gasteiger charge is 2.38. The van der Waals surface area contributed by atoms with Gasteiger partial charge in [-0.3, -0.25) is 14.9 Å². The molecule has 2 aliphatic rings. The van der Waals surface area contributed by atoms with Gasteiger partial charge in [0, 0.05) is 48.1 Å². The van der Waals surface area contributed by atoms with E-state index in [1.54, 1.807) is 48.5 Å². The first-order valence-corrected chi connectivity index (χ1v) is 23.3. The largest absolute Gasteiger partial charge is 0.490 e. The van der Waals surface area contributed by atoms with Crippen LogP contribution >= 0.6 is 23.2 Å². The van der Waals surface area contributed by atoms with Crippen LogP contribution in [0, 0.1) is 11.6 Å². The molecular formula is C49H55Cl2F5N8O6. The number of hydrogen-bond acceptors (Lipinski definition) is 9. The van der Waals surface area contributed by atoms with Gasteiger partial charge in [-0.25, -0.2) is 23.5 Å². The number of hydrogen-bond donors (Lipinski definition) is 6. The number of imidazole rings is 2. The quantitative estimate of drug-likeness (QED) is 0.0478. The van der Waals surface area contributed by atoms with E-state index in [2.05, 4.69) is 25.3 Å². The number of aromatic amines is 2. The van der Waals surface area contributed by atoms with E-state index in [1.807, 2.05) is 54.8 Å². The lowest BCUT2D eigenvalue weighted by Crippen LogP contribution is -2.47. The van der Waals surface area contributed by atoms with Gasteiger partial charge in [0.2, 0.25) is 18.2 Å². The van der Waals surface area contributed by atoms with Crippen molar-refractivity contribution in [2.24, 2.45) is 5.73 Å². The number of amides is 2. The standard InChI is InChI=1S/C26H32ClFN4O3.C21H22ClFN4O.C2HF3O2/c1-26(2,3)35-25(34)29-18(13-16-7-4-5-8-19(16)28)15-23(33)32-12-6-9-22(32)24-30-20-11-10-17(27)14-21(20)31-24;22-14-7-8-17-18(11-14)26-21(25-17)19-6-3-9-27(19)20(28)12-15(24)10-13-4-1-2-5-16(13)23;3-2(4,5)1(6)7/h4-5,7-8,10-11,14,18,22,25,29,34H,6,9,12-13,15H2,1-3H3,(H,30,31);1-2,4-5,7-8,11,15,19H,3,6,9-10,12,24H2,(H,25,26);(H,6,7)/t18-,22+,25?;15-,19+;/m11./s1. The number of nitrogens with zero attached hydrogens (tertiary/aromatic N) is 4. The molecule has 2 amide bonds. The van der Waals surface area contributed by atoms with E-state index in [9.17, 15) is 36.6 Å². The summed E-state index contributed by atoms with van der Waals surface area (Å²) in [5, 5.41) is 21.8. The van der Waals surface area contributed by atoms with E-state index in [-0.39, 0.29) is 54.8 Å². The summed E-state index contributed by atoms with van der Waals surface area (Å²) in [7, 11) is 0. The average molecular weight is 1020 g/mol. The molecule has 7 N–H and O–H groups in total. The van der Waals surface area contributed by atoms with Gasteiger partial charge in [-0.1, -0.05) is 59.6 Å². The first-order valence-electron chi connectivity index (χ1n) is 22.6. The number of aliphatic hydroxyl groups is 1. The predicted octanol–water partition coefficient (Wildman–Crippen LogP) is 9.31. The average Bonchev–Trinajstić information content (AvgIpc) is 4.10. The van der Waals surface area contributed by atoms with Gasteiger partial charge in [0.05, 0.1) is 39.8 Å². The molecule has 2 aromatic heterocycles. The molecular weight excluding hydrogens is 962 g/mol. The number of halogens is 7. The van der Waals surface area contributed by atoms with Crippen LogP contribution in [0.2, 0.25) is 10.0 Å². The first-order chi connectivity index (χ1) is 33.0. The Morgan fingerprint density at radius 3 is 1.66 bits per heavy atom. The number of carboxylic acid groups (broad SMARTS) is 1. The lowest BCUT2D eigenvalue weighted by molar-refractivity contribution is -0.192. The lowest BCUT2D eigenvalue weighted by atomic mass is 10.0. The number of rotatable bonds is 13. The second-order valence-electron chi connectivity index (χ2n) is 18.1. The smallest absolute Gasteiger partial charge is 0.475 e. The number of likely N-dealkylation sites (tertiary alicyclic amines) is 2. The lowest BCUT2D eigenvalue weighted by Gasteiger charge is -2.30. The maximum Gasteiger partial charge on any atom is 0.490 e. The van der Waals surface area contributed by atoms with Crippen LogP contribution in [0.5, 0.6) is 0 Å². The molecule has 2 aliphatic heterocycles. The Morgan fingerprint density at radius 1 is 0.771 bits per heavy atom. The minimum Gasteiger partial charge on any atom is -0.475 e. The summed E-state index contributed by atoms with van der Waals surface area (Å²) in [5.74, 6) is -2.02. The highest BCUT2D eigenvalue weighted by atomic mass is 35.5. The first kappa shape index (κ1) is 53.6. The van der Waals surface area contributed by atoms with Crippen LogP contribution in [0.4, 0.5) is 22.0 Å². The summed E-state index contributed by atoms with van der Waals surface area (Å²) in [6.07, 6.45) is -2.16. The van der Waals surface area contributed by atoms with Crippen molar-refractivity contribution in [3.63, 3.8) is 0 Å². The molecule has 0 bridgehead atoms. The molecule has 4 aromatic carbocycles. The van der Waals surface area contributed by atoms with Crippen molar-refractivity contribution in [3.8, 4) is 0 Å². The topological polar surface area (TPSA) is 203 Å². The number of alkyl halides is 3. The molecule has 2 saturated heterocycles. The number of nitrogens with one attached hydrogen (secondary N) is 3. The van der Waals surface area contributed by atoms with Crippen molar-refractivity contribution in [2.75, 3.05) is 13.1 Å². The predicted molar refractivity (Wildman–Crippen MR) is 254 cm³/mol. The molecule has 0 spiro atoms. The molecule has 14 nitrogen and oxygen atoms in total. The maximum absolute atomic E-state index is 14.4. The fourth-order valence-corrected chi connectivity index (χ4v) is 8.74. The number of ether oxygens (including phenoxy) is 1. The Kier molecular flexibility index (Phi) is 18.0. The number of carbonyl (C=O) groups excluding carboxylic acids is 2. The van der Waals surface area contributed by atoms with Gasteiger partial charge in [-0.15, -0.1) is 0 Å². The van der Waals surface area contributed by atoms with E-state index in [1.165, 1.54) is 12.1 Å². The van der Waals surface area contributed by atoms with E-state index >= 15 is 0 Å². The maximum atomic E-state index is 14.4. The molecule has 2 fully saturated rings. The van der Waals surface area contributed by atoms with Crippen LogP contribution < -0.4 is 11.1 Å². The monoisotopic (exact) mass is 1020 g/mol. The summed E-state index contributed by atoms with van der Waals surface area (Å²) in [6, 6.07) is 22.7. The second-order valence-corrected chi connectivity index (χ2v) is 18.9. The normalized spacial score (nSPS) is 17.4. The fourth-order valence-electron chi connectivity index (χ4n) is 8.40. The van der Waals surface area contributed by atoms with Crippen molar-refractivity contribution in [3.05, 3.63) is 129 Å². The van der Waals surface area contributed by atoms with Crippen molar-refractivity contribution < 1.29 is 51.3 Å². The number of aliphatic hydroxyl groups excluding tert-OH is 1. The van der Waals surface area contributed by atoms with Gasteiger partial charge in [0.15, 0.2) is 0 Å². The molecule has 21 heteroatoms. The summed E-state index contributed by atoms with van der Waals surface area (Å²) in [4.78, 5) is 54.8. The van der Waals surface area contributed by atoms with Gasteiger partial charge < -0.3 is 40.5 Å². The molecule has 0 saturated carbocycles. The van der Waals surface area contributed by atoms with Crippen LogP contribution in [0.25, 0.3) is 22.1 Å². The van der Waals surface area contributed by atoms with Gasteiger partial charge in [0.25, 0.3) is 0 Å². The SMILES string of the molecule is CC(C)(C)OC(O)N[C@@H](CC(=O)N1CCC[C@H]1c1nc2ccc(Cl)cc2[nH]1)Cc1ccccc1F.N[C@@H](CC(=O)N1CCC[C@H]1c1nc2ccc(Cl)cc2[nH]1)Cc1ccccc1F.O=C(O)C(F)(F)F. The molecule has 4 heterocycles. The molecule has 70 heavy (non-hydrogen) atoms. The van der Waals surface area contributed by atoms with E-state index in [0.29, 0.717) is 40.7 Å². The summed E-state index contributed by atoms with van der Waals surface area (Å²) < 4.78 is 65.5. The Labute approximate surface area is 410 Å². The highest BCUT2D eigenvalue weighted by Crippen LogP contribution is 2.34. The Balaban J connectivity index is 0.000000206. The van der Waals surface area contributed by atoms with Crippen LogP contribution in [0.15, 0.2) is 84.9 Å². The third-order valence-electron chi connectivity index (χ3n) is 11.5. The molecule has 1 unspecified atom stereocenters. The molecule has 6 aromatic rings. The van der Waals surface area contributed by atoms with Crippen molar-refractivity contribution in [1.29, 1.82) is 0 Å². The summed E-state index contributed by atoms with van der Waals surface area (Å²) in [6.45, 7) is 6.75. The molecule has 0 radical (unpaired) electrons. The van der Waals surface area contributed by atoms with Crippen molar-refractivity contribution >= 4 is 63.1 Å². The third kappa shape index (κ3) is 14.9. The van der Waals surface area contributed by atoms with Crippen LogP contribution in [0.3, 0.4) is 0 Å². The molecule has 5 atom stereocenters. The van der Waals surface area contributed by atoms with Crippen molar-refractivity contribution in [1.82, 2.24) is 35.1 Å². The van der Waals surface area contributed by atoms with Crippen molar-refractivity contribution in [2.45, 2.75) is 114 Å². The Hall–Kier alpha value is -5.70. The van der Waals surface area contributed by atoms with Gasteiger partial charge in [0.1, 0.15) is 23.3 Å². The number of benzene rings is 4. The van der Waals surface area contributed by atoms with Crippen LogP contribution in [0.1, 0.15) is 94.2 Å². The van der Waals surface area contributed by atoms with Crippen LogP contribution in [-0.4, -0.2) is 101 Å². The number of carboxylic acids is 1. The van der Waals surface area contributed by atoms with E-state index < -0.39 is 36.2 Å². The summed E-state index contributed by atoms with van der Waals surface area (Å²) in [5.41, 5.74) is 9.87. The zero-order valence-electron chi connectivity index (χ0n) is 38.6. The highest BCUT2D eigenvalue weighted by molar-refractivity contribution is 6.31. The van der Waals surface area contributed by atoms with Crippen LogP contribution in [-0.2, 0) is 32.0 Å². The number of carbonyl (C=O) groups is 3. The number of fused-ring (bicyclic) bond motifs is 2. The number of aromatic nitrogens is 4. The minimum atomic E-state index is -5.08. The van der Waals surface area contributed by atoms with Gasteiger partial charge in [-0.05, 0) is 119 Å². The Morgan fingerprint density at radius 2 is 1.21 bits per heavy atom. The van der Waals surface area contributed by atoms with Gasteiger partial charge in [-0.2, -0.15) is 13.2 Å². The number of nitrogens with two attached hydrogens (primary N) is 1. The third-order valence-corrected chi connectivity index (χ3v) is 12.0. The number of aliphatic carboxylic acids is 1. The summed E-state index contributed by atoms with van der Waals surface area (Å²) >= 11 is 12.2. The fraction of sp³-hybridized carbons (Fsp3) is 0.408. The second kappa shape index (κ2) is 23.5. The van der Waals surface area contributed by atoms with E-state index in [4.69, 9.17) is 43.6 Å². The number of H-pyrrole nitrogens is 2. The zero-order chi connectivity index (χ0) is 50.9. The molecule has 8 rings (SSSR count). The molecule has 0 aliphatic carbocycles. The Bertz CT molecular complexity index is 2750. The molecule has 376 valence electrons. The minimum absolute atomic E-state index is 0.0233. The zero-order valence-corrected chi connectivity index (χ0v) is 40.1. The van der Waals surface area contributed by atoms with Gasteiger partial charge >= 0.3 is 12.1 Å². The van der Waals surface area contributed by atoms with E-state index in [0.717, 1.165) is 59.4 Å².